The molecule has 0 atom stereocenters. The Morgan fingerprint density at radius 3 is 2.24 bits per heavy atom. The number of carboxylic acids is 1. The minimum absolute atomic E-state index is 0.0244. The molecule has 0 bridgehead atoms. The van der Waals surface area contributed by atoms with Crippen LogP contribution in [-0.4, -0.2) is 72.1 Å². The van der Waals surface area contributed by atoms with Gasteiger partial charge in [-0.05, 0) is 26.7 Å². The lowest BCUT2D eigenvalue weighted by Crippen LogP contribution is -2.50. The van der Waals surface area contributed by atoms with Gasteiger partial charge >= 0.3 is 5.97 Å². The molecular weight excluding hydrogens is 276 g/mol. The van der Waals surface area contributed by atoms with Gasteiger partial charge < -0.3 is 19.6 Å². The van der Waals surface area contributed by atoms with E-state index in [9.17, 15) is 14.4 Å². The number of methoxy groups -OCH3 is 1. The quantitative estimate of drug-likeness (QED) is 0.783. The maximum atomic E-state index is 12.1. The molecule has 0 unspecified atom stereocenters. The first-order valence-corrected chi connectivity index (χ1v) is 7.00. The molecule has 1 saturated heterocycles. The Balaban J connectivity index is 2.51. The number of nitrogens with zero attached hydrogens (tertiary/aromatic N) is 2. The van der Waals surface area contributed by atoms with Crippen molar-refractivity contribution in [1.82, 2.24) is 9.80 Å². The maximum Gasteiger partial charge on any atom is 0.306 e. The number of hydrogen-bond donors (Lipinski definition) is 1. The molecule has 1 N–H and O–H groups in total. The summed E-state index contributed by atoms with van der Waals surface area (Å²) in [5.41, 5.74) is -0.967. The highest BCUT2D eigenvalue weighted by molar-refractivity contribution is 5.89. The van der Waals surface area contributed by atoms with Crippen molar-refractivity contribution in [1.29, 1.82) is 0 Å². The fourth-order valence-corrected chi connectivity index (χ4v) is 2.30. The van der Waals surface area contributed by atoms with Crippen LogP contribution in [0.15, 0.2) is 0 Å². The van der Waals surface area contributed by atoms with E-state index in [4.69, 9.17) is 9.84 Å². The Kier molecular flexibility index (Phi) is 5.71. The fourth-order valence-electron chi connectivity index (χ4n) is 2.30. The molecule has 1 aliphatic rings. The second-order valence-corrected chi connectivity index (χ2v) is 5.87. The number of piperidine rings is 1. The third-order valence-corrected chi connectivity index (χ3v) is 3.94. The summed E-state index contributed by atoms with van der Waals surface area (Å²) >= 11 is 0. The number of hydrogen-bond acceptors (Lipinski definition) is 4. The Morgan fingerprint density at radius 2 is 1.81 bits per heavy atom. The lowest BCUT2D eigenvalue weighted by atomic mass is 9.97. The Labute approximate surface area is 124 Å². The van der Waals surface area contributed by atoms with Gasteiger partial charge in [0, 0.05) is 27.2 Å². The van der Waals surface area contributed by atoms with Crippen molar-refractivity contribution < 1.29 is 24.2 Å². The first-order valence-electron chi connectivity index (χ1n) is 7.00. The van der Waals surface area contributed by atoms with Gasteiger partial charge in [0.15, 0.2) is 0 Å². The van der Waals surface area contributed by atoms with Crippen LogP contribution in [0.5, 0.6) is 0 Å². The molecule has 1 fully saturated rings. The van der Waals surface area contributed by atoms with Crippen LogP contribution >= 0.6 is 0 Å². The standard InChI is InChI=1S/C14H24N2O5/c1-14(2,21-4)13(20)15(3)9-11(17)16-7-5-10(6-8-16)12(18)19/h10H,5-9H2,1-4H3,(H,18,19). The van der Waals surface area contributed by atoms with E-state index >= 15 is 0 Å². The zero-order valence-corrected chi connectivity index (χ0v) is 13.1. The van der Waals surface area contributed by atoms with Gasteiger partial charge in [0.25, 0.3) is 5.91 Å². The predicted molar refractivity (Wildman–Crippen MR) is 75.7 cm³/mol. The molecule has 0 radical (unpaired) electrons. The van der Waals surface area contributed by atoms with Gasteiger partial charge in [-0.25, -0.2) is 0 Å². The molecule has 2 amide bonds. The van der Waals surface area contributed by atoms with Crippen LogP contribution < -0.4 is 0 Å². The maximum absolute atomic E-state index is 12.1. The summed E-state index contributed by atoms with van der Waals surface area (Å²) in [7, 11) is 3.01. The highest BCUT2D eigenvalue weighted by Crippen LogP contribution is 2.18. The highest BCUT2D eigenvalue weighted by atomic mass is 16.5. The first-order chi connectivity index (χ1) is 9.69. The zero-order valence-electron chi connectivity index (χ0n) is 13.1. The lowest BCUT2D eigenvalue weighted by Gasteiger charge is -2.33. The number of rotatable bonds is 5. The van der Waals surface area contributed by atoms with Gasteiger partial charge in [0.2, 0.25) is 5.91 Å². The minimum Gasteiger partial charge on any atom is -0.481 e. The van der Waals surface area contributed by atoms with Crippen LogP contribution in [0.3, 0.4) is 0 Å². The van der Waals surface area contributed by atoms with E-state index in [0.717, 1.165) is 0 Å². The average Bonchev–Trinajstić information content (AvgIpc) is 2.46. The molecule has 1 heterocycles. The number of ether oxygens (including phenoxy) is 1. The SMILES string of the molecule is COC(C)(C)C(=O)N(C)CC(=O)N1CCC(C(=O)O)CC1. The van der Waals surface area contributed by atoms with Gasteiger partial charge in [-0.15, -0.1) is 0 Å². The molecule has 0 aliphatic carbocycles. The topological polar surface area (TPSA) is 87.2 Å². The predicted octanol–water partition coefficient (Wildman–Crippen LogP) is 0.193. The molecular formula is C14H24N2O5. The number of carboxylic acid groups (broad SMARTS) is 1. The van der Waals surface area contributed by atoms with E-state index in [1.807, 2.05) is 0 Å². The van der Waals surface area contributed by atoms with Gasteiger partial charge in [-0.3, -0.25) is 14.4 Å². The number of likely N-dealkylation sites (tertiary alicyclic amines) is 1. The van der Waals surface area contributed by atoms with E-state index in [2.05, 4.69) is 0 Å². The van der Waals surface area contributed by atoms with Crippen molar-refractivity contribution in [3.8, 4) is 0 Å². The van der Waals surface area contributed by atoms with Crippen molar-refractivity contribution >= 4 is 17.8 Å². The van der Waals surface area contributed by atoms with Crippen LogP contribution in [0.25, 0.3) is 0 Å². The second-order valence-electron chi connectivity index (χ2n) is 5.87. The Morgan fingerprint density at radius 1 is 1.29 bits per heavy atom. The van der Waals surface area contributed by atoms with E-state index < -0.39 is 11.6 Å². The summed E-state index contributed by atoms with van der Waals surface area (Å²) < 4.78 is 5.11. The molecule has 1 aliphatic heterocycles. The summed E-state index contributed by atoms with van der Waals surface area (Å²) in [6.45, 7) is 4.11. The molecule has 0 aromatic rings. The van der Waals surface area contributed by atoms with Crippen LogP contribution in [0.1, 0.15) is 26.7 Å². The highest BCUT2D eigenvalue weighted by Gasteiger charge is 2.32. The van der Waals surface area contributed by atoms with Gasteiger partial charge in [-0.1, -0.05) is 0 Å². The van der Waals surface area contributed by atoms with Crippen molar-refractivity contribution in [2.45, 2.75) is 32.3 Å². The number of carbonyl (C=O) groups is 3. The number of carbonyl (C=O) groups excluding carboxylic acids is 2. The average molecular weight is 300 g/mol. The third kappa shape index (κ3) is 4.42. The number of likely N-dealkylation sites (N-methyl/N-ethyl adjacent to an activating group) is 1. The van der Waals surface area contributed by atoms with Crippen molar-refractivity contribution in [2.24, 2.45) is 5.92 Å². The molecule has 21 heavy (non-hydrogen) atoms. The summed E-state index contributed by atoms with van der Waals surface area (Å²) in [5, 5.41) is 8.93. The van der Waals surface area contributed by atoms with E-state index in [0.29, 0.717) is 25.9 Å². The van der Waals surface area contributed by atoms with Crippen molar-refractivity contribution in [3.63, 3.8) is 0 Å². The number of aliphatic carboxylic acids is 1. The molecule has 0 aromatic carbocycles. The molecule has 0 aromatic heterocycles. The normalized spacial score (nSPS) is 16.7. The van der Waals surface area contributed by atoms with E-state index in [-0.39, 0.29) is 24.3 Å². The molecule has 7 heteroatoms. The minimum atomic E-state index is -0.967. The fraction of sp³-hybridized carbons (Fsp3) is 0.786. The van der Waals surface area contributed by atoms with E-state index in [1.165, 1.54) is 12.0 Å². The Bertz CT molecular complexity index is 414. The van der Waals surface area contributed by atoms with Crippen LogP contribution in [0.2, 0.25) is 0 Å². The summed E-state index contributed by atoms with van der Waals surface area (Å²) in [4.78, 5) is 38.1. The summed E-state index contributed by atoms with van der Waals surface area (Å²) in [6.07, 6.45) is 0.921. The summed E-state index contributed by atoms with van der Waals surface area (Å²) in [5.74, 6) is -1.61. The molecule has 0 spiro atoms. The summed E-state index contributed by atoms with van der Waals surface area (Å²) in [6, 6.07) is 0. The molecule has 7 nitrogen and oxygen atoms in total. The first kappa shape index (κ1) is 17.4. The Hall–Kier alpha value is -1.63. The van der Waals surface area contributed by atoms with Crippen molar-refractivity contribution in [3.05, 3.63) is 0 Å². The van der Waals surface area contributed by atoms with Gasteiger partial charge in [0.1, 0.15) is 5.60 Å². The van der Waals surface area contributed by atoms with Gasteiger partial charge in [0.05, 0.1) is 12.5 Å². The van der Waals surface area contributed by atoms with E-state index in [1.54, 1.807) is 25.8 Å². The largest absolute Gasteiger partial charge is 0.481 e. The van der Waals surface area contributed by atoms with Crippen LogP contribution in [0.4, 0.5) is 0 Å². The second kappa shape index (κ2) is 6.89. The molecule has 120 valence electrons. The zero-order chi connectivity index (χ0) is 16.2. The number of amides is 2. The van der Waals surface area contributed by atoms with Crippen molar-refractivity contribution in [2.75, 3.05) is 33.8 Å². The monoisotopic (exact) mass is 300 g/mol. The van der Waals surface area contributed by atoms with Gasteiger partial charge in [-0.2, -0.15) is 0 Å². The van der Waals surface area contributed by atoms with Crippen LogP contribution in [-0.2, 0) is 19.1 Å². The molecule has 1 rings (SSSR count). The molecule has 0 saturated carbocycles. The van der Waals surface area contributed by atoms with Crippen LogP contribution in [0, 0.1) is 5.92 Å². The third-order valence-electron chi connectivity index (χ3n) is 3.94. The smallest absolute Gasteiger partial charge is 0.306 e. The lowest BCUT2D eigenvalue weighted by molar-refractivity contribution is -0.153.